The number of benzene rings is 5. The van der Waals surface area contributed by atoms with Crippen molar-refractivity contribution in [3.63, 3.8) is 0 Å². The molecule has 0 heterocycles. The molecule has 2 aliphatic carbocycles. The van der Waals surface area contributed by atoms with Gasteiger partial charge in [-0.05, 0) is 101 Å². The number of carboxylic acid groups (broad SMARTS) is 1. The highest BCUT2D eigenvalue weighted by molar-refractivity contribution is 5.92. The van der Waals surface area contributed by atoms with Crippen molar-refractivity contribution in [2.75, 3.05) is 4.90 Å². The monoisotopic (exact) mass is 549 g/mol. The predicted octanol–water partition coefficient (Wildman–Crippen LogP) is 10.1. The zero-order chi connectivity index (χ0) is 29.6. The lowest BCUT2D eigenvalue weighted by Crippen LogP contribution is -2.18. The molecular formula is C39H35NO2. The van der Waals surface area contributed by atoms with E-state index in [1.807, 2.05) is 12.1 Å². The van der Waals surface area contributed by atoms with Crippen LogP contribution < -0.4 is 4.90 Å². The molecule has 7 rings (SSSR count). The summed E-state index contributed by atoms with van der Waals surface area (Å²) in [6.45, 7) is 13.5. The quantitative estimate of drug-likeness (QED) is 0.242. The van der Waals surface area contributed by atoms with Crippen LogP contribution in [-0.4, -0.2) is 11.1 Å². The standard InChI is InChI=1S/C39H35NO2/c1-23-10-14-29-31-16-12-27(21-35(31)38(3,4)33(29)18-23)40(26-9-7-8-25(20-26)37(41)42)28-13-17-32-30-15-11-24(2)19-34(30)39(5,6)36(32)22-28/h7-22H,1-6H3,(H,41,42). The van der Waals surface area contributed by atoms with Crippen LogP contribution in [0.5, 0.6) is 0 Å². The minimum absolute atomic E-state index is 0.152. The SMILES string of the molecule is Cc1ccc2c(c1)C(C)(C)c1cc(N(c3cccc(C(=O)O)c3)c3ccc4c(c3)C(C)(C)c3cc(C)ccc3-4)ccc1-2. The van der Waals surface area contributed by atoms with Gasteiger partial charge >= 0.3 is 5.97 Å². The fourth-order valence-corrected chi connectivity index (χ4v) is 7.18. The fraction of sp³-hybridized carbons (Fsp3) is 0.205. The van der Waals surface area contributed by atoms with Crippen LogP contribution in [-0.2, 0) is 10.8 Å². The average molecular weight is 550 g/mol. The minimum Gasteiger partial charge on any atom is -0.478 e. The summed E-state index contributed by atoms with van der Waals surface area (Å²) in [4.78, 5) is 14.2. The zero-order valence-electron chi connectivity index (χ0n) is 25.0. The molecule has 0 saturated heterocycles. The van der Waals surface area contributed by atoms with Crippen molar-refractivity contribution in [3.05, 3.63) is 136 Å². The molecule has 0 atom stereocenters. The number of carbonyl (C=O) groups is 1. The summed E-state index contributed by atoms with van der Waals surface area (Å²) >= 11 is 0. The van der Waals surface area contributed by atoms with Gasteiger partial charge in [0, 0.05) is 27.9 Å². The van der Waals surface area contributed by atoms with Crippen LogP contribution in [0.1, 0.15) is 71.4 Å². The first-order valence-corrected chi connectivity index (χ1v) is 14.6. The molecule has 0 aliphatic heterocycles. The second-order valence-electron chi connectivity index (χ2n) is 13.0. The maximum Gasteiger partial charge on any atom is 0.335 e. The highest BCUT2D eigenvalue weighted by Crippen LogP contribution is 2.53. The molecule has 0 unspecified atom stereocenters. The molecule has 0 radical (unpaired) electrons. The number of fused-ring (bicyclic) bond motifs is 6. The van der Waals surface area contributed by atoms with E-state index >= 15 is 0 Å². The third-order valence-electron chi connectivity index (χ3n) is 9.50. The second-order valence-corrected chi connectivity index (χ2v) is 13.0. The van der Waals surface area contributed by atoms with E-state index < -0.39 is 5.97 Å². The maximum absolute atomic E-state index is 12.0. The Kier molecular flexibility index (Phi) is 5.59. The lowest BCUT2D eigenvalue weighted by molar-refractivity contribution is 0.0697. The number of aromatic carboxylic acids is 1. The summed E-state index contributed by atoms with van der Waals surface area (Å²) in [5.41, 5.74) is 15.7. The van der Waals surface area contributed by atoms with Gasteiger partial charge in [0.05, 0.1) is 5.56 Å². The molecule has 0 spiro atoms. The molecule has 0 aromatic heterocycles. The van der Waals surface area contributed by atoms with Gasteiger partial charge in [0.25, 0.3) is 0 Å². The molecule has 5 aromatic rings. The Morgan fingerprint density at radius 1 is 0.548 bits per heavy atom. The molecule has 0 bridgehead atoms. The Labute approximate surface area is 248 Å². The van der Waals surface area contributed by atoms with Gasteiger partial charge in [-0.15, -0.1) is 0 Å². The molecule has 208 valence electrons. The van der Waals surface area contributed by atoms with Gasteiger partial charge in [0.2, 0.25) is 0 Å². The van der Waals surface area contributed by atoms with E-state index in [4.69, 9.17) is 0 Å². The van der Waals surface area contributed by atoms with E-state index in [2.05, 4.69) is 119 Å². The summed E-state index contributed by atoms with van der Waals surface area (Å²) in [5, 5.41) is 9.85. The molecule has 2 aliphatic rings. The van der Waals surface area contributed by atoms with Crippen LogP contribution in [0.15, 0.2) is 97.1 Å². The minimum atomic E-state index is -0.932. The van der Waals surface area contributed by atoms with E-state index in [0.29, 0.717) is 0 Å². The summed E-state index contributed by atoms with van der Waals surface area (Å²) in [6, 6.07) is 34.2. The van der Waals surface area contributed by atoms with Gasteiger partial charge in [-0.3, -0.25) is 0 Å². The molecular weight excluding hydrogens is 514 g/mol. The largest absolute Gasteiger partial charge is 0.478 e. The summed E-state index contributed by atoms with van der Waals surface area (Å²) in [5.74, 6) is -0.932. The number of aryl methyl sites for hydroxylation is 2. The number of hydrogen-bond acceptors (Lipinski definition) is 2. The highest BCUT2D eigenvalue weighted by Gasteiger charge is 2.38. The van der Waals surface area contributed by atoms with Crippen molar-refractivity contribution >= 4 is 23.0 Å². The molecule has 42 heavy (non-hydrogen) atoms. The first-order valence-electron chi connectivity index (χ1n) is 14.6. The Bertz CT molecular complexity index is 1830. The van der Waals surface area contributed by atoms with Gasteiger partial charge in [0.1, 0.15) is 0 Å². The summed E-state index contributed by atoms with van der Waals surface area (Å²) in [7, 11) is 0. The first-order chi connectivity index (χ1) is 20.0. The topological polar surface area (TPSA) is 40.5 Å². The van der Waals surface area contributed by atoms with Crippen molar-refractivity contribution in [2.24, 2.45) is 0 Å². The number of rotatable bonds is 4. The van der Waals surface area contributed by atoms with Gasteiger partial charge in [-0.2, -0.15) is 0 Å². The Balaban J connectivity index is 1.43. The second kappa shape index (κ2) is 8.93. The Morgan fingerprint density at radius 2 is 0.952 bits per heavy atom. The van der Waals surface area contributed by atoms with E-state index in [0.717, 1.165) is 17.1 Å². The van der Waals surface area contributed by atoms with Crippen molar-refractivity contribution < 1.29 is 9.90 Å². The maximum atomic E-state index is 12.0. The summed E-state index contributed by atoms with van der Waals surface area (Å²) in [6.07, 6.45) is 0. The number of anilines is 3. The van der Waals surface area contributed by atoms with Crippen molar-refractivity contribution in [3.8, 4) is 22.3 Å². The number of hydrogen-bond donors (Lipinski definition) is 1. The first kappa shape index (κ1) is 26.3. The van der Waals surface area contributed by atoms with Gasteiger partial charge in [-0.25, -0.2) is 4.79 Å². The van der Waals surface area contributed by atoms with Crippen LogP contribution in [0.25, 0.3) is 22.3 Å². The van der Waals surface area contributed by atoms with Crippen LogP contribution in [0.4, 0.5) is 17.1 Å². The normalized spacial score (nSPS) is 15.0. The molecule has 3 nitrogen and oxygen atoms in total. The smallest absolute Gasteiger partial charge is 0.335 e. The van der Waals surface area contributed by atoms with Crippen LogP contribution >= 0.6 is 0 Å². The van der Waals surface area contributed by atoms with Crippen LogP contribution in [0, 0.1) is 13.8 Å². The average Bonchev–Trinajstić information content (AvgIpc) is 3.32. The number of carboxylic acids is 1. The molecule has 0 saturated carbocycles. The molecule has 0 fully saturated rings. The van der Waals surface area contributed by atoms with Crippen LogP contribution in [0.2, 0.25) is 0 Å². The molecule has 3 heteroatoms. The fourth-order valence-electron chi connectivity index (χ4n) is 7.18. The van der Waals surface area contributed by atoms with Crippen molar-refractivity contribution in [1.82, 2.24) is 0 Å². The van der Waals surface area contributed by atoms with E-state index in [1.54, 1.807) is 12.1 Å². The van der Waals surface area contributed by atoms with E-state index in [-0.39, 0.29) is 16.4 Å². The van der Waals surface area contributed by atoms with Crippen molar-refractivity contribution in [2.45, 2.75) is 52.4 Å². The lowest BCUT2D eigenvalue weighted by atomic mass is 9.81. The zero-order valence-corrected chi connectivity index (χ0v) is 25.0. The van der Waals surface area contributed by atoms with Gasteiger partial charge in [0.15, 0.2) is 0 Å². The third-order valence-corrected chi connectivity index (χ3v) is 9.50. The van der Waals surface area contributed by atoms with Gasteiger partial charge < -0.3 is 10.0 Å². The Morgan fingerprint density at radius 3 is 1.40 bits per heavy atom. The lowest BCUT2D eigenvalue weighted by Gasteiger charge is -2.30. The number of nitrogens with zero attached hydrogens (tertiary/aromatic N) is 1. The van der Waals surface area contributed by atoms with E-state index in [9.17, 15) is 9.90 Å². The van der Waals surface area contributed by atoms with Crippen molar-refractivity contribution in [1.29, 1.82) is 0 Å². The Hall–Kier alpha value is -4.63. The van der Waals surface area contributed by atoms with Crippen LogP contribution in [0.3, 0.4) is 0 Å². The molecule has 0 amide bonds. The third kappa shape index (κ3) is 3.76. The molecule has 5 aromatic carbocycles. The summed E-state index contributed by atoms with van der Waals surface area (Å²) < 4.78 is 0. The van der Waals surface area contributed by atoms with E-state index in [1.165, 1.54) is 55.6 Å². The highest BCUT2D eigenvalue weighted by atomic mass is 16.4. The predicted molar refractivity (Wildman–Crippen MR) is 173 cm³/mol. The molecule has 1 N–H and O–H groups in total. The van der Waals surface area contributed by atoms with Gasteiger partial charge in [-0.1, -0.05) is 93.4 Å².